The molecule has 0 saturated carbocycles. The van der Waals surface area contributed by atoms with Gasteiger partial charge in [0.15, 0.2) is 18.2 Å². The zero-order chi connectivity index (χ0) is 32.0. The zero-order valence-corrected chi connectivity index (χ0v) is 26.1. The largest absolute Gasteiger partial charge is 0.490 e. The standard InChI is InChI=1S/C35H42N4O6/c1-35(2,3)45-34(42)38-18-10-15-28(22-38)37-33(36)39-20-26-16-17-29(19-27(26)21-39)43-23-30(40)32(41)44-31(24-11-6-4-7-12-24)25-13-8-5-9-14-25/h4-9,11-14,16-17,19,28,30-31,40H,10,15,18,20-23H2,1-3H3,(H2,36,37)/t28-,30-/m1/s1. The molecule has 3 aromatic carbocycles. The van der Waals surface area contributed by atoms with Gasteiger partial charge in [0.2, 0.25) is 0 Å². The maximum absolute atomic E-state index is 12.9. The molecule has 45 heavy (non-hydrogen) atoms. The van der Waals surface area contributed by atoms with E-state index in [-0.39, 0.29) is 18.7 Å². The number of carbonyl (C=O) groups is 2. The summed E-state index contributed by atoms with van der Waals surface area (Å²) in [6.07, 6.45) is -0.765. The third-order valence-electron chi connectivity index (χ3n) is 7.71. The zero-order valence-electron chi connectivity index (χ0n) is 26.1. The van der Waals surface area contributed by atoms with E-state index in [1.54, 1.807) is 4.90 Å². The van der Waals surface area contributed by atoms with Crippen LogP contribution in [0.2, 0.25) is 0 Å². The van der Waals surface area contributed by atoms with Gasteiger partial charge in [0.05, 0.1) is 6.04 Å². The van der Waals surface area contributed by atoms with Crippen molar-refractivity contribution < 1.29 is 28.9 Å². The molecular weight excluding hydrogens is 572 g/mol. The van der Waals surface area contributed by atoms with Crippen molar-refractivity contribution in [3.63, 3.8) is 0 Å². The third-order valence-corrected chi connectivity index (χ3v) is 7.71. The number of fused-ring (bicyclic) bond motifs is 1. The number of piperidine rings is 1. The van der Waals surface area contributed by atoms with Crippen molar-refractivity contribution >= 4 is 18.0 Å². The van der Waals surface area contributed by atoms with E-state index in [0.717, 1.165) is 35.1 Å². The van der Waals surface area contributed by atoms with Gasteiger partial charge in [0.25, 0.3) is 0 Å². The Balaban J connectivity index is 1.15. The van der Waals surface area contributed by atoms with Crippen LogP contribution in [0.1, 0.15) is 62.0 Å². The van der Waals surface area contributed by atoms with Gasteiger partial charge in [-0.15, -0.1) is 0 Å². The fourth-order valence-electron chi connectivity index (χ4n) is 5.47. The third kappa shape index (κ3) is 8.54. The van der Waals surface area contributed by atoms with Gasteiger partial charge < -0.3 is 34.9 Å². The van der Waals surface area contributed by atoms with Gasteiger partial charge in [-0.3, -0.25) is 0 Å². The molecule has 10 heteroatoms. The van der Waals surface area contributed by atoms with Crippen LogP contribution in [0.15, 0.2) is 83.9 Å². The van der Waals surface area contributed by atoms with Crippen LogP contribution in [0.3, 0.4) is 0 Å². The van der Waals surface area contributed by atoms with E-state index in [9.17, 15) is 14.7 Å². The van der Waals surface area contributed by atoms with Crippen molar-refractivity contribution in [3.05, 3.63) is 101 Å². The molecule has 1 saturated heterocycles. The van der Waals surface area contributed by atoms with Gasteiger partial charge in [-0.2, -0.15) is 0 Å². The number of carbonyl (C=O) groups excluding carboxylic acids is 2. The molecule has 238 valence electrons. The Morgan fingerprint density at radius 3 is 2.24 bits per heavy atom. The molecule has 3 N–H and O–H groups in total. The summed E-state index contributed by atoms with van der Waals surface area (Å²) in [7, 11) is 0. The number of benzene rings is 3. The van der Waals surface area contributed by atoms with Crippen molar-refractivity contribution in [1.29, 1.82) is 0 Å². The minimum Gasteiger partial charge on any atom is -0.490 e. The lowest BCUT2D eigenvalue weighted by atomic mass is 10.0. The highest BCUT2D eigenvalue weighted by Crippen LogP contribution is 2.29. The van der Waals surface area contributed by atoms with Crippen molar-refractivity contribution in [2.45, 2.75) is 70.6 Å². The molecule has 0 spiro atoms. The molecule has 2 heterocycles. The van der Waals surface area contributed by atoms with Gasteiger partial charge in [0.1, 0.15) is 18.0 Å². The summed E-state index contributed by atoms with van der Waals surface area (Å²) in [5.74, 6) is 0.187. The number of hydrogen-bond acceptors (Lipinski definition) is 7. The molecule has 3 aromatic rings. The second-order valence-corrected chi connectivity index (χ2v) is 12.5. The maximum Gasteiger partial charge on any atom is 0.410 e. The summed E-state index contributed by atoms with van der Waals surface area (Å²) in [5, 5.41) is 10.6. The Bertz CT molecular complexity index is 1450. The molecule has 0 aliphatic carbocycles. The van der Waals surface area contributed by atoms with Crippen LogP contribution in [0.4, 0.5) is 4.79 Å². The van der Waals surface area contributed by atoms with E-state index < -0.39 is 23.8 Å². The van der Waals surface area contributed by atoms with Gasteiger partial charge in [-0.25, -0.2) is 14.6 Å². The van der Waals surface area contributed by atoms with Gasteiger partial charge in [-0.05, 0) is 68.0 Å². The minimum absolute atomic E-state index is 0.0986. The number of ether oxygens (including phenoxy) is 3. The van der Waals surface area contributed by atoms with Crippen LogP contribution in [0.5, 0.6) is 5.75 Å². The predicted molar refractivity (Wildman–Crippen MR) is 170 cm³/mol. The highest BCUT2D eigenvalue weighted by Gasteiger charge is 2.29. The number of aliphatic hydroxyl groups excluding tert-OH is 1. The normalized spacial score (nSPS) is 17.5. The molecule has 0 bridgehead atoms. The fourth-order valence-corrected chi connectivity index (χ4v) is 5.47. The van der Waals surface area contributed by atoms with E-state index in [2.05, 4.69) is 0 Å². The van der Waals surface area contributed by atoms with Crippen molar-refractivity contribution in [3.8, 4) is 5.75 Å². The number of esters is 1. The molecule has 1 fully saturated rings. The SMILES string of the molecule is CC(C)(C)OC(=O)N1CCC[C@@H](N=C(N)N2Cc3ccc(OC[C@@H](O)C(=O)OC(c4ccccc4)c4ccccc4)cc3C2)C1. The van der Waals surface area contributed by atoms with Crippen molar-refractivity contribution in [1.82, 2.24) is 9.80 Å². The van der Waals surface area contributed by atoms with E-state index in [1.807, 2.05) is 105 Å². The van der Waals surface area contributed by atoms with E-state index in [1.165, 1.54) is 0 Å². The fraction of sp³-hybridized carbons (Fsp3) is 0.400. The highest BCUT2D eigenvalue weighted by molar-refractivity contribution is 5.79. The first-order valence-electron chi connectivity index (χ1n) is 15.3. The molecule has 2 aliphatic rings. The molecular formula is C35H42N4O6. The molecule has 5 rings (SSSR count). The first-order valence-corrected chi connectivity index (χ1v) is 15.3. The lowest BCUT2D eigenvalue weighted by Gasteiger charge is -2.33. The van der Waals surface area contributed by atoms with Crippen molar-refractivity contribution in [2.75, 3.05) is 19.7 Å². The Hall–Kier alpha value is -4.57. The molecule has 0 unspecified atom stereocenters. The van der Waals surface area contributed by atoms with Crippen molar-refractivity contribution in [2.24, 2.45) is 10.7 Å². The summed E-state index contributed by atoms with van der Waals surface area (Å²) in [4.78, 5) is 33.9. The number of likely N-dealkylation sites (tertiary alicyclic amines) is 1. The molecule has 1 amide bonds. The monoisotopic (exact) mass is 614 g/mol. The quantitative estimate of drug-likeness (QED) is 0.211. The van der Waals surface area contributed by atoms with E-state index in [0.29, 0.717) is 37.9 Å². The van der Waals surface area contributed by atoms with Crippen LogP contribution >= 0.6 is 0 Å². The first-order chi connectivity index (χ1) is 21.6. The van der Waals surface area contributed by atoms with Crippen LogP contribution in [0.25, 0.3) is 0 Å². The Kier molecular flexibility index (Phi) is 9.93. The van der Waals surface area contributed by atoms with Crippen LogP contribution in [-0.2, 0) is 27.4 Å². The summed E-state index contributed by atoms with van der Waals surface area (Å²) < 4.78 is 17.1. The summed E-state index contributed by atoms with van der Waals surface area (Å²) in [6.45, 7) is 7.57. The smallest absolute Gasteiger partial charge is 0.410 e. The van der Waals surface area contributed by atoms with Crippen LogP contribution < -0.4 is 10.5 Å². The minimum atomic E-state index is -1.47. The first kappa shape index (κ1) is 31.8. The summed E-state index contributed by atoms with van der Waals surface area (Å²) in [6, 6.07) is 24.4. The number of aliphatic imine (C=N–C) groups is 1. The number of guanidine groups is 1. The lowest BCUT2D eigenvalue weighted by Crippen LogP contribution is -2.45. The van der Waals surface area contributed by atoms with Gasteiger partial charge >= 0.3 is 12.1 Å². The Labute approximate surface area is 264 Å². The average Bonchev–Trinajstić information content (AvgIpc) is 3.46. The molecule has 2 aliphatic heterocycles. The number of aliphatic hydroxyl groups is 1. The Morgan fingerprint density at radius 2 is 1.60 bits per heavy atom. The lowest BCUT2D eigenvalue weighted by molar-refractivity contribution is -0.159. The molecule has 2 atom stereocenters. The highest BCUT2D eigenvalue weighted by atomic mass is 16.6. The second kappa shape index (κ2) is 14.0. The van der Waals surface area contributed by atoms with Crippen LogP contribution in [0, 0.1) is 0 Å². The van der Waals surface area contributed by atoms with E-state index in [4.69, 9.17) is 24.9 Å². The van der Waals surface area contributed by atoms with Crippen LogP contribution in [-0.4, -0.2) is 70.4 Å². The summed E-state index contributed by atoms with van der Waals surface area (Å²) >= 11 is 0. The van der Waals surface area contributed by atoms with Gasteiger partial charge in [0, 0.05) is 26.2 Å². The molecule has 10 nitrogen and oxygen atoms in total. The van der Waals surface area contributed by atoms with Gasteiger partial charge in [-0.1, -0.05) is 66.7 Å². The van der Waals surface area contributed by atoms with E-state index >= 15 is 0 Å². The number of nitrogens with two attached hydrogens (primary N) is 1. The maximum atomic E-state index is 12.9. The second-order valence-electron chi connectivity index (χ2n) is 12.5. The number of amides is 1. The number of nitrogens with zero attached hydrogens (tertiary/aromatic N) is 3. The molecule has 0 aromatic heterocycles. The average molecular weight is 615 g/mol. The predicted octanol–water partition coefficient (Wildman–Crippen LogP) is 4.79. The summed E-state index contributed by atoms with van der Waals surface area (Å²) in [5.41, 5.74) is 9.61. The number of hydrogen-bond donors (Lipinski definition) is 2. The molecule has 0 radical (unpaired) electrons. The topological polar surface area (TPSA) is 127 Å². The number of rotatable bonds is 8. The Morgan fingerprint density at radius 1 is 0.956 bits per heavy atom.